The van der Waals surface area contributed by atoms with Crippen LogP contribution in [-0.2, 0) is 0 Å². The summed E-state index contributed by atoms with van der Waals surface area (Å²) in [5, 5.41) is 8.09. The summed E-state index contributed by atoms with van der Waals surface area (Å²) in [5.74, 6) is 0.599. The van der Waals surface area contributed by atoms with E-state index in [9.17, 15) is 0 Å². The fourth-order valence-electron chi connectivity index (χ4n) is 1.95. The molecule has 0 radical (unpaired) electrons. The fourth-order valence-corrected chi connectivity index (χ4v) is 2.27. The zero-order chi connectivity index (χ0) is 11.7. The number of benzene rings is 1. The monoisotopic (exact) mass is 258 g/mol. The van der Waals surface area contributed by atoms with Gasteiger partial charge in [0.15, 0.2) is 0 Å². The zero-order valence-corrected chi connectivity index (χ0v) is 11.0. The summed E-state index contributed by atoms with van der Waals surface area (Å²) in [4.78, 5) is 0. The Morgan fingerprint density at radius 2 is 1.81 bits per heavy atom. The molecule has 16 heavy (non-hydrogen) atoms. The molecule has 2 nitrogen and oxygen atoms in total. The second-order valence-electron chi connectivity index (χ2n) is 4.52. The highest BCUT2D eigenvalue weighted by Gasteiger charge is 2.19. The molecule has 1 aromatic carbocycles. The lowest BCUT2D eigenvalue weighted by Crippen LogP contribution is -2.25. The predicted octanol–water partition coefficient (Wildman–Crippen LogP) is 4.25. The van der Waals surface area contributed by atoms with E-state index in [1.165, 1.54) is 0 Å². The maximum Gasteiger partial charge on any atom is 0.0614 e. The van der Waals surface area contributed by atoms with Crippen molar-refractivity contribution >= 4 is 34.6 Å². The SMILES string of the molecule is CC(C)C1CCNc2cc(Cl)c(Cl)cc2N1. The summed E-state index contributed by atoms with van der Waals surface area (Å²) >= 11 is 12.0. The van der Waals surface area contributed by atoms with Gasteiger partial charge in [0.2, 0.25) is 0 Å². The Labute approximate surface area is 106 Å². The number of anilines is 2. The highest BCUT2D eigenvalue weighted by Crippen LogP contribution is 2.35. The van der Waals surface area contributed by atoms with E-state index in [0.29, 0.717) is 22.0 Å². The average Bonchev–Trinajstić information content (AvgIpc) is 2.41. The van der Waals surface area contributed by atoms with Crippen LogP contribution in [0.15, 0.2) is 12.1 Å². The molecule has 2 rings (SSSR count). The molecular formula is C12H16Cl2N2. The molecule has 4 heteroatoms. The molecule has 2 N–H and O–H groups in total. The Balaban J connectivity index is 2.33. The van der Waals surface area contributed by atoms with Crippen LogP contribution in [0.25, 0.3) is 0 Å². The van der Waals surface area contributed by atoms with Gasteiger partial charge in [-0.2, -0.15) is 0 Å². The maximum absolute atomic E-state index is 6.03. The minimum atomic E-state index is 0.478. The Morgan fingerprint density at radius 3 is 2.44 bits per heavy atom. The van der Waals surface area contributed by atoms with Crippen LogP contribution in [0, 0.1) is 5.92 Å². The third kappa shape index (κ3) is 2.38. The van der Waals surface area contributed by atoms with E-state index in [-0.39, 0.29) is 0 Å². The minimum absolute atomic E-state index is 0.478. The van der Waals surface area contributed by atoms with Gasteiger partial charge in [-0.25, -0.2) is 0 Å². The Morgan fingerprint density at radius 1 is 1.19 bits per heavy atom. The van der Waals surface area contributed by atoms with Crippen molar-refractivity contribution < 1.29 is 0 Å². The normalized spacial score (nSPS) is 19.7. The van der Waals surface area contributed by atoms with E-state index in [0.717, 1.165) is 24.3 Å². The molecule has 0 fully saturated rings. The lowest BCUT2D eigenvalue weighted by Gasteiger charge is -2.21. The van der Waals surface area contributed by atoms with Gasteiger partial charge >= 0.3 is 0 Å². The molecular weight excluding hydrogens is 243 g/mol. The molecule has 0 bridgehead atoms. The largest absolute Gasteiger partial charge is 0.383 e. The zero-order valence-electron chi connectivity index (χ0n) is 9.48. The van der Waals surface area contributed by atoms with Gasteiger partial charge in [0.25, 0.3) is 0 Å². The van der Waals surface area contributed by atoms with Crippen LogP contribution < -0.4 is 10.6 Å². The van der Waals surface area contributed by atoms with Crippen molar-refractivity contribution in [3.8, 4) is 0 Å². The summed E-state index contributed by atoms with van der Waals surface area (Å²) in [7, 11) is 0. The second-order valence-corrected chi connectivity index (χ2v) is 5.34. The van der Waals surface area contributed by atoms with Gasteiger partial charge in [0.05, 0.1) is 21.4 Å². The number of nitrogens with one attached hydrogen (secondary N) is 2. The van der Waals surface area contributed by atoms with Crippen molar-refractivity contribution in [2.75, 3.05) is 17.2 Å². The number of halogens is 2. The van der Waals surface area contributed by atoms with Gasteiger partial charge in [-0.15, -0.1) is 0 Å². The Hall–Kier alpha value is -0.600. The van der Waals surface area contributed by atoms with Gasteiger partial charge in [0, 0.05) is 12.6 Å². The first kappa shape index (κ1) is 11.9. The standard InChI is InChI=1S/C12H16Cl2N2/c1-7(2)10-3-4-15-11-5-8(13)9(14)6-12(11)16-10/h5-7,10,15-16H,3-4H2,1-2H3. The number of hydrogen-bond acceptors (Lipinski definition) is 2. The first-order valence-corrected chi connectivity index (χ1v) is 6.33. The highest BCUT2D eigenvalue weighted by atomic mass is 35.5. The third-order valence-corrected chi connectivity index (χ3v) is 3.70. The summed E-state index contributed by atoms with van der Waals surface area (Å²) in [6.07, 6.45) is 1.10. The molecule has 0 saturated heterocycles. The highest BCUT2D eigenvalue weighted by molar-refractivity contribution is 6.42. The quantitative estimate of drug-likeness (QED) is 0.788. The molecule has 0 amide bonds. The fraction of sp³-hybridized carbons (Fsp3) is 0.500. The van der Waals surface area contributed by atoms with Gasteiger partial charge in [-0.05, 0) is 24.5 Å². The summed E-state index contributed by atoms with van der Waals surface area (Å²) < 4.78 is 0. The topological polar surface area (TPSA) is 24.1 Å². The van der Waals surface area contributed by atoms with Crippen LogP contribution in [0.1, 0.15) is 20.3 Å². The van der Waals surface area contributed by atoms with Crippen molar-refractivity contribution in [1.82, 2.24) is 0 Å². The third-order valence-electron chi connectivity index (χ3n) is 2.98. The van der Waals surface area contributed by atoms with Crippen molar-refractivity contribution in [2.45, 2.75) is 26.3 Å². The molecule has 0 aromatic heterocycles. The smallest absolute Gasteiger partial charge is 0.0614 e. The summed E-state index contributed by atoms with van der Waals surface area (Å²) in [5.41, 5.74) is 2.09. The van der Waals surface area contributed by atoms with E-state index < -0.39 is 0 Å². The number of rotatable bonds is 1. The van der Waals surface area contributed by atoms with E-state index >= 15 is 0 Å². The van der Waals surface area contributed by atoms with Crippen molar-refractivity contribution in [3.05, 3.63) is 22.2 Å². The molecule has 1 heterocycles. The van der Waals surface area contributed by atoms with Gasteiger partial charge < -0.3 is 10.6 Å². The van der Waals surface area contributed by atoms with Gasteiger partial charge in [-0.3, -0.25) is 0 Å². The van der Waals surface area contributed by atoms with Crippen LogP contribution in [-0.4, -0.2) is 12.6 Å². The van der Waals surface area contributed by atoms with Crippen LogP contribution in [0.2, 0.25) is 10.0 Å². The van der Waals surface area contributed by atoms with Crippen molar-refractivity contribution in [3.63, 3.8) is 0 Å². The number of fused-ring (bicyclic) bond motifs is 1. The lowest BCUT2D eigenvalue weighted by atomic mass is 10.0. The molecule has 0 saturated carbocycles. The van der Waals surface area contributed by atoms with Gasteiger partial charge in [-0.1, -0.05) is 37.0 Å². The molecule has 1 aliphatic rings. The number of hydrogen-bond donors (Lipinski definition) is 2. The Kier molecular flexibility index (Phi) is 3.50. The molecule has 1 unspecified atom stereocenters. The van der Waals surface area contributed by atoms with Crippen LogP contribution >= 0.6 is 23.2 Å². The first-order valence-electron chi connectivity index (χ1n) is 5.57. The molecule has 1 atom stereocenters. The molecule has 1 aromatic rings. The minimum Gasteiger partial charge on any atom is -0.383 e. The second kappa shape index (κ2) is 4.72. The maximum atomic E-state index is 6.03. The van der Waals surface area contributed by atoms with Crippen molar-refractivity contribution in [2.24, 2.45) is 5.92 Å². The average molecular weight is 259 g/mol. The van der Waals surface area contributed by atoms with Crippen LogP contribution in [0.3, 0.4) is 0 Å². The van der Waals surface area contributed by atoms with E-state index in [2.05, 4.69) is 24.5 Å². The van der Waals surface area contributed by atoms with Crippen LogP contribution in [0.4, 0.5) is 11.4 Å². The first-order chi connectivity index (χ1) is 7.58. The molecule has 88 valence electrons. The van der Waals surface area contributed by atoms with E-state index in [4.69, 9.17) is 23.2 Å². The van der Waals surface area contributed by atoms with Crippen molar-refractivity contribution in [1.29, 1.82) is 0 Å². The Bertz CT molecular complexity index is 391. The van der Waals surface area contributed by atoms with E-state index in [1.807, 2.05) is 12.1 Å². The predicted molar refractivity (Wildman–Crippen MR) is 71.8 cm³/mol. The molecule has 0 aliphatic carbocycles. The molecule has 1 aliphatic heterocycles. The summed E-state index contributed by atoms with van der Waals surface area (Å²) in [6, 6.07) is 4.26. The van der Waals surface area contributed by atoms with Gasteiger partial charge in [0.1, 0.15) is 0 Å². The summed E-state index contributed by atoms with van der Waals surface area (Å²) in [6.45, 7) is 5.40. The lowest BCUT2D eigenvalue weighted by molar-refractivity contribution is 0.507. The van der Waals surface area contributed by atoms with E-state index in [1.54, 1.807) is 0 Å². The van der Waals surface area contributed by atoms with Crippen LogP contribution in [0.5, 0.6) is 0 Å². The molecule has 0 spiro atoms.